The molecule has 0 fully saturated rings. The molecule has 7 aromatic rings. The van der Waals surface area contributed by atoms with Crippen LogP contribution in [0.4, 0.5) is 0 Å². The molecule has 1 aliphatic heterocycles. The second-order valence-corrected chi connectivity index (χ2v) is 12.1. The molecule has 198 valence electrons. The molecule has 6 nitrogen and oxygen atoms in total. The molecule has 5 aromatic carbocycles. The zero-order valence-corrected chi connectivity index (χ0v) is 23.0. The van der Waals surface area contributed by atoms with E-state index in [1.807, 2.05) is 90.4 Å². The van der Waals surface area contributed by atoms with Crippen LogP contribution in [-0.4, -0.2) is 27.5 Å². The van der Waals surface area contributed by atoms with Crippen LogP contribution in [0.2, 0.25) is 0 Å². The van der Waals surface area contributed by atoms with Crippen molar-refractivity contribution in [3.8, 4) is 33.9 Å². The molecule has 8 rings (SSSR count). The molecule has 0 amide bonds. The Kier molecular flexibility index (Phi) is 5.09. The maximum Gasteiger partial charge on any atom is 0.210 e. The van der Waals surface area contributed by atoms with Gasteiger partial charge in [-0.2, -0.15) is 0 Å². The van der Waals surface area contributed by atoms with Gasteiger partial charge < -0.3 is 0 Å². The Morgan fingerprint density at radius 2 is 1.34 bits per heavy atom. The van der Waals surface area contributed by atoms with Crippen LogP contribution in [0.5, 0.6) is 0 Å². The van der Waals surface area contributed by atoms with E-state index in [1.54, 1.807) is 18.2 Å². The molecule has 3 heterocycles. The summed E-state index contributed by atoms with van der Waals surface area (Å²) in [5.74, 6) is 1.70. The molecule has 0 bridgehead atoms. The smallest absolute Gasteiger partial charge is 0.210 e. The largest absolute Gasteiger partial charge is 0.294 e. The lowest BCUT2D eigenvalue weighted by molar-refractivity contribution is 0.594. The van der Waals surface area contributed by atoms with E-state index < -0.39 is 9.84 Å². The van der Waals surface area contributed by atoms with Crippen LogP contribution in [0.15, 0.2) is 125 Å². The van der Waals surface area contributed by atoms with Crippen molar-refractivity contribution in [2.75, 3.05) is 0 Å². The molecule has 0 N–H and O–H groups in total. The fourth-order valence-electron chi connectivity index (χ4n) is 5.94. The van der Waals surface area contributed by atoms with Gasteiger partial charge in [0.2, 0.25) is 9.84 Å². The molecule has 2 aromatic heterocycles. The van der Waals surface area contributed by atoms with Crippen LogP contribution in [-0.2, 0) is 16.3 Å². The Bertz CT molecular complexity index is 2250. The number of imidazole rings is 2. The quantitative estimate of drug-likeness (QED) is 0.228. The summed E-state index contributed by atoms with van der Waals surface area (Å²) >= 11 is 0. The van der Waals surface area contributed by atoms with Crippen molar-refractivity contribution in [1.82, 2.24) is 19.1 Å². The van der Waals surface area contributed by atoms with Gasteiger partial charge in [0.1, 0.15) is 11.6 Å². The Labute approximate surface area is 237 Å². The summed E-state index contributed by atoms with van der Waals surface area (Å²) in [6.45, 7) is 2.04. The van der Waals surface area contributed by atoms with Gasteiger partial charge in [-0.25, -0.2) is 18.4 Å². The highest BCUT2D eigenvalue weighted by atomic mass is 32.2. The highest BCUT2D eigenvalue weighted by Crippen LogP contribution is 2.41. The molecule has 0 saturated heterocycles. The van der Waals surface area contributed by atoms with Gasteiger partial charge in [0.25, 0.3) is 0 Å². The zero-order valence-electron chi connectivity index (χ0n) is 22.2. The first-order valence-electron chi connectivity index (χ1n) is 13.6. The van der Waals surface area contributed by atoms with Crippen molar-refractivity contribution in [3.05, 3.63) is 121 Å². The lowest BCUT2D eigenvalue weighted by atomic mass is 10.0. The van der Waals surface area contributed by atoms with E-state index in [0.717, 1.165) is 45.1 Å². The zero-order chi connectivity index (χ0) is 27.7. The average Bonchev–Trinajstić information content (AvgIpc) is 3.60. The summed E-state index contributed by atoms with van der Waals surface area (Å²) < 4.78 is 31.8. The van der Waals surface area contributed by atoms with Crippen molar-refractivity contribution in [1.29, 1.82) is 0 Å². The number of fused-ring (bicyclic) bond motifs is 3. The summed E-state index contributed by atoms with van der Waals surface area (Å²) in [5.41, 5.74) is 7.77. The fourth-order valence-corrected chi connectivity index (χ4v) is 7.60. The minimum absolute atomic E-state index is 0.303. The Morgan fingerprint density at radius 1 is 0.634 bits per heavy atom. The maximum atomic E-state index is 13.8. The standard InChI is InChI=1S/C34H24N4O2S/c1-2-32-35-27-12-8-14-30-33(27)38(32)29-20-19-24(21-31(29)41(30,39)40)22-15-17-23(18-16-22)34-36-26-11-6-7-13-28(26)37(34)25-9-4-3-5-10-25/h3-21H,2H2,1H3. The number of sulfone groups is 1. The van der Waals surface area contributed by atoms with Crippen molar-refractivity contribution in [3.63, 3.8) is 0 Å². The molecular formula is C34H24N4O2S. The third-order valence-electron chi connectivity index (χ3n) is 7.86. The van der Waals surface area contributed by atoms with E-state index in [-0.39, 0.29) is 0 Å². The second kappa shape index (κ2) is 8.74. The number of benzene rings is 5. The minimum Gasteiger partial charge on any atom is -0.294 e. The van der Waals surface area contributed by atoms with Gasteiger partial charge in [-0.1, -0.05) is 73.7 Å². The lowest BCUT2D eigenvalue weighted by Gasteiger charge is -2.21. The van der Waals surface area contributed by atoms with E-state index in [4.69, 9.17) is 9.97 Å². The molecule has 0 unspecified atom stereocenters. The first-order valence-corrected chi connectivity index (χ1v) is 15.1. The van der Waals surface area contributed by atoms with Crippen LogP contribution in [0, 0.1) is 0 Å². The van der Waals surface area contributed by atoms with E-state index in [9.17, 15) is 8.42 Å². The number of hydrogen-bond donors (Lipinski definition) is 0. The molecular weight excluding hydrogens is 528 g/mol. The normalized spacial score (nSPS) is 13.5. The second-order valence-electron chi connectivity index (χ2n) is 10.2. The number of aryl methyl sites for hydroxylation is 1. The molecule has 0 aliphatic carbocycles. The number of rotatable bonds is 4. The Balaban J connectivity index is 1.25. The van der Waals surface area contributed by atoms with Crippen LogP contribution in [0.1, 0.15) is 12.7 Å². The topological polar surface area (TPSA) is 69.8 Å². The van der Waals surface area contributed by atoms with Crippen molar-refractivity contribution in [2.45, 2.75) is 23.1 Å². The summed E-state index contributed by atoms with van der Waals surface area (Å²) in [6.07, 6.45) is 0.699. The van der Waals surface area contributed by atoms with E-state index in [0.29, 0.717) is 32.9 Å². The van der Waals surface area contributed by atoms with Crippen molar-refractivity contribution in [2.24, 2.45) is 0 Å². The van der Waals surface area contributed by atoms with Crippen LogP contribution < -0.4 is 0 Å². The Hall–Kier alpha value is -5.01. The summed E-state index contributed by atoms with van der Waals surface area (Å²) in [6, 6.07) is 37.5. The fraction of sp³-hybridized carbons (Fsp3) is 0.0588. The van der Waals surface area contributed by atoms with Gasteiger partial charge in [0.15, 0.2) is 0 Å². The highest BCUT2D eigenvalue weighted by molar-refractivity contribution is 7.92. The lowest BCUT2D eigenvalue weighted by Crippen LogP contribution is -2.16. The highest BCUT2D eigenvalue weighted by Gasteiger charge is 2.33. The number of aromatic nitrogens is 4. The predicted octanol–water partition coefficient (Wildman–Crippen LogP) is 7.41. The third-order valence-corrected chi connectivity index (χ3v) is 9.67. The third kappa shape index (κ3) is 3.45. The van der Waals surface area contributed by atoms with Crippen LogP contribution in [0.3, 0.4) is 0 Å². The van der Waals surface area contributed by atoms with Crippen molar-refractivity contribution < 1.29 is 8.42 Å². The van der Waals surface area contributed by atoms with Crippen molar-refractivity contribution >= 4 is 31.9 Å². The molecule has 0 radical (unpaired) electrons. The molecule has 0 atom stereocenters. The van der Waals surface area contributed by atoms with E-state index in [1.165, 1.54) is 0 Å². The molecule has 7 heteroatoms. The van der Waals surface area contributed by atoms with Gasteiger partial charge in [-0.05, 0) is 59.7 Å². The summed E-state index contributed by atoms with van der Waals surface area (Å²) in [5, 5.41) is 0. The maximum absolute atomic E-state index is 13.8. The summed E-state index contributed by atoms with van der Waals surface area (Å²) in [7, 11) is -3.71. The van der Waals surface area contributed by atoms with Crippen LogP contribution >= 0.6 is 0 Å². The van der Waals surface area contributed by atoms with E-state index >= 15 is 0 Å². The van der Waals surface area contributed by atoms with Crippen LogP contribution in [0.25, 0.3) is 56.0 Å². The molecule has 0 spiro atoms. The average molecular weight is 553 g/mol. The van der Waals surface area contributed by atoms with Gasteiger partial charge >= 0.3 is 0 Å². The van der Waals surface area contributed by atoms with Gasteiger partial charge in [-0.15, -0.1) is 0 Å². The number of para-hydroxylation sites is 4. The molecule has 1 aliphatic rings. The van der Waals surface area contributed by atoms with E-state index in [2.05, 4.69) is 22.8 Å². The summed E-state index contributed by atoms with van der Waals surface area (Å²) in [4.78, 5) is 10.3. The van der Waals surface area contributed by atoms with Gasteiger partial charge in [0, 0.05) is 17.7 Å². The SMILES string of the molecule is CCc1nc2cccc3c2n1-c1ccc(-c2ccc(-c4nc5ccccc5n4-c4ccccc4)cc2)cc1S3(=O)=O. The monoisotopic (exact) mass is 552 g/mol. The molecule has 41 heavy (non-hydrogen) atoms. The first kappa shape index (κ1) is 23.8. The van der Waals surface area contributed by atoms with Gasteiger partial charge in [-0.3, -0.25) is 9.13 Å². The minimum atomic E-state index is -3.71. The number of hydrogen-bond acceptors (Lipinski definition) is 4. The molecule has 0 saturated carbocycles. The Morgan fingerprint density at radius 3 is 2.15 bits per heavy atom. The predicted molar refractivity (Wildman–Crippen MR) is 161 cm³/mol. The number of nitrogens with zero attached hydrogens (tertiary/aromatic N) is 4. The van der Waals surface area contributed by atoms with Gasteiger partial charge in [0.05, 0.1) is 37.5 Å². The first-order chi connectivity index (χ1) is 20.0.